The Morgan fingerprint density at radius 2 is 1.40 bits per heavy atom. The minimum Gasteiger partial charge on any atom is -0.852 e. The Labute approximate surface area is 91.6 Å². The van der Waals surface area contributed by atoms with E-state index in [1.54, 1.807) is 13.8 Å². The average molecular weight is 192 g/mol. The van der Waals surface area contributed by atoms with Crippen LogP contribution in [0.3, 0.4) is 0 Å². The van der Waals surface area contributed by atoms with Crippen molar-refractivity contribution in [1.29, 1.82) is 0 Å². The molecule has 0 rings (SSSR count). The Hall–Kier alpha value is 2.01. The van der Waals surface area contributed by atoms with Crippen molar-refractivity contribution in [3.8, 4) is 0 Å². The van der Waals surface area contributed by atoms with E-state index in [-0.39, 0.29) is 68.9 Å². The molecule has 0 aliphatic heterocycles. The van der Waals surface area contributed by atoms with Crippen molar-refractivity contribution in [3.05, 3.63) is 0 Å². The Morgan fingerprint density at radius 3 is 1.40 bits per heavy atom. The fourth-order valence-corrected chi connectivity index (χ4v) is 0. The van der Waals surface area contributed by atoms with E-state index in [1.807, 2.05) is 0 Å². The van der Waals surface area contributed by atoms with Crippen LogP contribution in [-0.4, -0.2) is 6.10 Å². The van der Waals surface area contributed by atoms with E-state index < -0.39 is 6.10 Å². The maximum absolute atomic E-state index is 9.53. The third-order valence-corrected chi connectivity index (χ3v) is 0. The van der Waals surface area contributed by atoms with Gasteiger partial charge in [-0.05, 0) is 0 Å². The zero-order valence-electron chi connectivity index (χ0n) is 3.99. The van der Waals surface area contributed by atoms with Crippen molar-refractivity contribution in [2.75, 3.05) is 0 Å². The van der Waals surface area contributed by atoms with E-state index in [0.717, 1.165) is 0 Å². The Bertz CT molecular complexity index is 11.6. The third kappa shape index (κ3) is 23.9. The summed E-state index contributed by atoms with van der Waals surface area (Å²) in [5.41, 5.74) is 0. The average Bonchev–Trinajstić information content (AvgIpc) is 0.811. The second kappa shape index (κ2) is 6.01. The molecule has 0 fully saturated rings. The summed E-state index contributed by atoms with van der Waals surface area (Å²) in [6, 6.07) is 0. The fourth-order valence-electron chi connectivity index (χ4n) is 0. The van der Waals surface area contributed by atoms with Gasteiger partial charge in [0.2, 0.25) is 0 Å². The van der Waals surface area contributed by atoms with Crippen LogP contribution in [0.5, 0.6) is 0 Å². The summed E-state index contributed by atoms with van der Waals surface area (Å²) in [6.07, 6.45) is -0.417. The number of hydrogen-bond acceptors (Lipinski definition) is 1. The number of hydrogen-bond donors (Lipinski definition) is 0. The molecule has 0 aromatic carbocycles. The van der Waals surface area contributed by atoms with Crippen LogP contribution in [0.2, 0.25) is 0 Å². The molecule has 0 saturated heterocycles. The predicted molar refractivity (Wildman–Crippen MR) is 15.1 cm³/mol. The Kier molecular flexibility index (Phi) is 12.1. The van der Waals surface area contributed by atoms with E-state index in [1.165, 1.54) is 0 Å². The van der Waals surface area contributed by atoms with Gasteiger partial charge >= 0.3 is 68.9 Å². The maximum Gasteiger partial charge on any atom is 1.00 e. The SMILES string of the molecule is CC(C)[O-].[Cs+]. The van der Waals surface area contributed by atoms with E-state index in [2.05, 4.69) is 0 Å². The van der Waals surface area contributed by atoms with Crippen LogP contribution >= 0.6 is 0 Å². The summed E-state index contributed by atoms with van der Waals surface area (Å²) in [5, 5.41) is 9.53. The molecule has 0 radical (unpaired) electrons. The zero-order chi connectivity index (χ0) is 3.58. The second-order valence-electron chi connectivity index (χ2n) is 1.05. The van der Waals surface area contributed by atoms with Crippen molar-refractivity contribution in [1.82, 2.24) is 0 Å². The molecule has 0 heterocycles. The smallest absolute Gasteiger partial charge is 0.852 e. The minimum absolute atomic E-state index is 0. The van der Waals surface area contributed by atoms with Crippen LogP contribution in [0, 0.1) is 0 Å². The van der Waals surface area contributed by atoms with E-state index in [4.69, 9.17) is 0 Å². The molecule has 0 aromatic rings. The van der Waals surface area contributed by atoms with Gasteiger partial charge in [0.15, 0.2) is 0 Å². The quantitative estimate of drug-likeness (QED) is 0.395. The molecule has 0 spiro atoms. The van der Waals surface area contributed by atoms with Gasteiger partial charge in [-0.25, -0.2) is 0 Å². The molecule has 0 unspecified atom stereocenters. The van der Waals surface area contributed by atoms with Gasteiger partial charge in [-0.3, -0.25) is 0 Å². The largest absolute Gasteiger partial charge is 1.00 e. The van der Waals surface area contributed by atoms with Gasteiger partial charge in [-0.1, -0.05) is 13.8 Å². The molecule has 0 aliphatic carbocycles. The van der Waals surface area contributed by atoms with Crippen molar-refractivity contribution in [2.45, 2.75) is 20.0 Å². The summed E-state index contributed by atoms with van der Waals surface area (Å²) >= 11 is 0. The van der Waals surface area contributed by atoms with E-state index in [9.17, 15) is 5.11 Å². The van der Waals surface area contributed by atoms with Crippen LogP contribution in [0.4, 0.5) is 0 Å². The van der Waals surface area contributed by atoms with Crippen LogP contribution in [0.25, 0.3) is 0 Å². The summed E-state index contributed by atoms with van der Waals surface area (Å²) in [4.78, 5) is 0. The normalized spacial score (nSPS) is 7.20. The van der Waals surface area contributed by atoms with Crippen LogP contribution in [0.15, 0.2) is 0 Å². The van der Waals surface area contributed by atoms with Crippen LogP contribution < -0.4 is 74.0 Å². The van der Waals surface area contributed by atoms with Crippen molar-refractivity contribution in [2.24, 2.45) is 0 Å². The molecule has 0 amide bonds. The van der Waals surface area contributed by atoms with Gasteiger partial charge in [0, 0.05) is 0 Å². The molecule has 26 valence electrons. The van der Waals surface area contributed by atoms with Gasteiger partial charge in [0.1, 0.15) is 0 Å². The van der Waals surface area contributed by atoms with Gasteiger partial charge in [-0.15, -0.1) is 6.10 Å². The first-order valence-corrected chi connectivity index (χ1v) is 1.39. The Balaban J connectivity index is 0. The molecule has 0 N–H and O–H groups in total. The van der Waals surface area contributed by atoms with Crippen molar-refractivity contribution >= 4 is 0 Å². The van der Waals surface area contributed by atoms with Gasteiger partial charge in [0.05, 0.1) is 0 Å². The topological polar surface area (TPSA) is 23.1 Å². The second-order valence-corrected chi connectivity index (χ2v) is 1.05. The molecule has 5 heavy (non-hydrogen) atoms. The first kappa shape index (κ1) is 10.1. The van der Waals surface area contributed by atoms with Crippen LogP contribution in [-0.2, 0) is 0 Å². The first-order valence-electron chi connectivity index (χ1n) is 1.39. The van der Waals surface area contributed by atoms with Gasteiger partial charge in [-0.2, -0.15) is 0 Å². The number of rotatable bonds is 0. The van der Waals surface area contributed by atoms with Gasteiger partial charge < -0.3 is 5.11 Å². The van der Waals surface area contributed by atoms with Gasteiger partial charge in [0.25, 0.3) is 0 Å². The molecular weight excluding hydrogens is 185 g/mol. The predicted octanol–water partition coefficient (Wildman–Crippen LogP) is -3.24. The molecular formula is C3H7CsO. The molecule has 1 nitrogen and oxygen atoms in total. The van der Waals surface area contributed by atoms with Crippen molar-refractivity contribution in [3.63, 3.8) is 0 Å². The summed E-state index contributed by atoms with van der Waals surface area (Å²) in [5.74, 6) is 0. The zero-order valence-corrected chi connectivity index (χ0v) is 10.3. The monoisotopic (exact) mass is 192 g/mol. The molecule has 2 heteroatoms. The standard InChI is InChI=1S/C3H7O.Cs/c1-3(2)4;/h3H,1-2H3;/q-1;+1. The maximum atomic E-state index is 9.53. The summed E-state index contributed by atoms with van der Waals surface area (Å²) in [6.45, 7) is 3.22. The molecule has 0 atom stereocenters. The van der Waals surface area contributed by atoms with Crippen LogP contribution in [0.1, 0.15) is 13.8 Å². The van der Waals surface area contributed by atoms with E-state index >= 15 is 0 Å². The molecule has 0 aromatic heterocycles. The van der Waals surface area contributed by atoms with Crippen molar-refractivity contribution < 1.29 is 74.0 Å². The minimum atomic E-state index is -0.417. The third-order valence-electron chi connectivity index (χ3n) is 0. The summed E-state index contributed by atoms with van der Waals surface area (Å²) < 4.78 is 0. The molecule has 0 saturated carbocycles. The van der Waals surface area contributed by atoms with E-state index in [0.29, 0.717) is 0 Å². The molecule has 0 bridgehead atoms. The Morgan fingerprint density at radius 1 is 1.40 bits per heavy atom. The first-order chi connectivity index (χ1) is 1.73. The summed E-state index contributed by atoms with van der Waals surface area (Å²) in [7, 11) is 0. The fraction of sp³-hybridized carbons (Fsp3) is 1.00. The molecule has 0 aliphatic rings.